The maximum atomic E-state index is 5.54. The number of hydrogen-bond acceptors (Lipinski definition) is 2. The molecule has 2 nitrogen and oxygen atoms in total. The van der Waals surface area contributed by atoms with E-state index in [4.69, 9.17) is 10.5 Å². The first-order valence-electron chi connectivity index (χ1n) is 5.46. The Balaban J connectivity index is 2.57. The summed E-state index contributed by atoms with van der Waals surface area (Å²) in [5.74, 6) is 0.937. The SMILES string of the molecule is CCCOc1cccc(C=CCCN)c1. The quantitative estimate of drug-likeness (QED) is 0.775. The van der Waals surface area contributed by atoms with Crippen LogP contribution < -0.4 is 10.5 Å². The summed E-state index contributed by atoms with van der Waals surface area (Å²) in [4.78, 5) is 0. The molecular formula is C13H19NO. The molecule has 0 unspecified atom stereocenters. The Morgan fingerprint density at radius 3 is 3.00 bits per heavy atom. The van der Waals surface area contributed by atoms with E-state index in [0.717, 1.165) is 30.8 Å². The molecule has 15 heavy (non-hydrogen) atoms. The summed E-state index contributed by atoms with van der Waals surface area (Å²) >= 11 is 0. The van der Waals surface area contributed by atoms with Crippen LogP contribution in [0.15, 0.2) is 30.3 Å². The average Bonchev–Trinajstić information content (AvgIpc) is 2.27. The van der Waals surface area contributed by atoms with E-state index < -0.39 is 0 Å². The minimum atomic E-state index is 0.697. The molecule has 0 aliphatic rings. The van der Waals surface area contributed by atoms with Crippen molar-refractivity contribution in [1.82, 2.24) is 0 Å². The van der Waals surface area contributed by atoms with Gasteiger partial charge >= 0.3 is 0 Å². The zero-order valence-corrected chi connectivity index (χ0v) is 9.28. The third-order valence-corrected chi connectivity index (χ3v) is 1.97. The minimum Gasteiger partial charge on any atom is -0.494 e. The van der Waals surface area contributed by atoms with Crippen molar-refractivity contribution in [2.24, 2.45) is 5.73 Å². The van der Waals surface area contributed by atoms with Crippen LogP contribution in [0.25, 0.3) is 6.08 Å². The van der Waals surface area contributed by atoms with Crippen molar-refractivity contribution in [2.45, 2.75) is 19.8 Å². The van der Waals surface area contributed by atoms with Crippen LogP contribution in [0.3, 0.4) is 0 Å². The number of benzene rings is 1. The molecule has 0 aromatic heterocycles. The molecule has 0 amide bonds. The van der Waals surface area contributed by atoms with Crippen LogP contribution in [-0.4, -0.2) is 13.2 Å². The van der Waals surface area contributed by atoms with Gasteiger partial charge in [-0.15, -0.1) is 0 Å². The Labute approximate surface area is 91.7 Å². The maximum Gasteiger partial charge on any atom is 0.119 e. The van der Waals surface area contributed by atoms with Crippen LogP contribution in [0.1, 0.15) is 25.3 Å². The Kier molecular flexibility index (Phi) is 5.56. The summed E-state index contributed by atoms with van der Waals surface area (Å²) in [5, 5.41) is 0. The predicted octanol–water partition coefficient (Wildman–Crippen LogP) is 2.84. The van der Waals surface area contributed by atoms with Gasteiger partial charge in [0.05, 0.1) is 6.61 Å². The lowest BCUT2D eigenvalue weighted by molar-refractivity contribution is 0.317. The fraction of sp³-hybridized carbons (Fsp3) is 0.385. The number of nitrogens with two attached hydrogens (primary N) is 1. The van der Waals surface area contributed by atoms with Gasteiger partial charge < -0.3 is 10.5 Å². The average molecular weight is 205 g/mol. The monoisotopic (exact) mass is 205 g/mol. The van der Waals surface area contributed by atoms with Crippen molar-refractivity contribution in [2.75, 3.05) is 13.2 Å². The molecule has 82 valence electrons. The normalized spacial score (nSPS) is 10.8. The smallest absolute Gasteiger partial charge is 0.119 e. The van der Waals surface area contributed by atoms with E-state index in [2.05, 4.69) is 25.1 Å². The van der Waals surface area contributed by atoms with Crippen molar-refractivity contribution in [3.63, 3.8) is 0 Å². The topological polar surface area (TPSA) is 35.2 Å². The summed E-state index contributed by atoms with van der Waals surface area (Å²) in [6, 6.07) is 8.09. The van der Waals surface area contributed by atoms with Crippen molar-refractivity contribution in [3.8, 4) is 5.75 Å². The molecule has 0 fully saturated rings. The maximum absolute atomic E-state index is 5.54. The summed E-state index contributed by atoms with van der Waals surface area (Å²) in [5.41, 5.74) is 6.58. The Morgan fingerprint density at radius 2 is 2.27 bits per heavy atom. The van der Waals surface area contributed by atoms with E-state index in [0.29, 0.717) is 6.54 Å². The van der Waals surface area contributed by atoms with Crippen LogP contribution >= 0.6 is 0 Å². The first kappa shape index (κ1) is 11.8. The fourth-order valence-electron chi connectivity index (χ4n) is 1.24. The highest BCUT2D eigenvalue weighted by molar-refractivity contribution is 5.51. The van der Waals surface area contributed by atoms with Crippen LogP contribution in [0, 0.1) is 0 Å². The molecule has 0 heterocycles. The summed E-state index contributed by atoms with van der Waals surface area (Å²) in [7, 11) is 0. The van der Waals surface area contributed by atoms with E-state index in [1.807, 2.05) is 18.2 Å². The molecule has 0 atom stereocenters. The van der Waals surface area contributed by atoms with Crippen LogP contribution in [0.4, 0.5) is 0 Å². The van der Waals surface area contributed by atoms with E-state index in [1.54, 1.807) is 0 Å². The molecule has 1 rings (SSSR count). The molecule has 2 N–H and O–H groups in total. The van der Waals surface area contributed by atoms with Gasteiger partial charge in [-0.2, -0.15) is 0 Å². The van der Waals surface area contributed by atoms with Gasteiger partial charge in [-0.05, 0) is 37.1 Å². The molecule has 0 bridgehead atoms. The minimum absolute atomic E-state index is 0.697. The second-order valence-corrected chi connectivity index (χ2v) is 3.40. The third-order valence-electron chi connectivity index (χ3n) is 1.97. The van der Waals surface area contributed by atoms with Crippen molar-refractivity contribution in [3.05, 3.63) is 35.9 Å². The lowest BCUT2D eigenvalue weighted by Gasteiger charge is -2.04. The summed E-state index contributed by atoms with van der Waals surface area (Å²) < 4.78 is 5.54. The Hall–Kier alpha value is -1.28. The van der Waals surface area contributed by atoms with Gasteiger partial charge in [0.25, 0.3) is 0 Å². The van der Waals surface area contributed by atoms with E-state index in [-0.39, 0.29) is 0 Å². The van der Waals surface area contributed by atoms with E-state index >= 15 is 0 Å². The summed E-state index contributed by atoms with van der Waals surface area (Å²) in [6.45, 7) is 3.57. The first-order valence-corrected chi connectivity index (χ1v) is 5.46. The highest BCUT2D eigenvalue weighted by Crippen LogP contribution is 2.14. The largest absolute Gasteiger partial charge is 0.494 e. The van der Waals surface area contributed by atoms with Gasteiger partial charge in [-0.25, -0.2) is 0 Å². The predicted molar refractivity (Wildman–Crippen MR) is 64.9 cm³/mol. The number of hydrogen-bond donors (Lipinski definition) is 1. The Bertz CT molecular complexity index is 307. The molecule has 0 spiro atoms. The van der Waals surface area contributed by atoms with Gasteiger partial charge in [-0.1, -0.05) is 31.2 Å². The lowest BCUT2D eigenvalue weighted by Crippen LogP contribution is -1.95. The molecule has 0 aliphatic heterocycles. The second-order valence-electron chi connectivity index (χ2n) is 3.40. The van der Waals surface area contributed by atoms with Crippen molar-refractivity contribution < 1.29 is 4.74 Å². The van der Waals surface area contributed by atoms with Gasteiger partial charge in [-0.3, -0.25) is 0 Å². The second kappa shape index (κ2) is 7.07. The van der Waals surface area contributed by atoms with Gasteiger partial charge in [0.1, 0.15) is 5.75 Å². The molecule has 0 saturated carbocycles. The Morgan fingerprint density at radius 1 is 1.40 bits per heavy atom. The standard InChI is InChI=1S/C13H19NO/c1-2-10-15-13-8-5-7-12(11-13)6-3-4-9-14/h3,5-8,11H,2,4,9-10,14H2,1H3. The fourth-order valence-corrected chi connectivity index (χ4v) is 1.24. The molecule has 1 aromatic carbocycles. The highest BCUT2D eigenvalue weighted by Gasteiger charge is 1.93. The van der Waals surface area contributed by atoms with Crippen molar-refractivity contribution in [1.29, 1.82) is 0 Å². The van der Waals surface area contributed by atoms with Crippen molar-refractivity contribution >= 4 is 6.08 Å². The number of ether oxygens (including phenoxy) is 1. The molecule has 1 aromatic rings. The molecule has 0 saturated heterocycles. The van der Waals surface area contributed by atoms with Crippen LogP contribution in [0.2, 0.25) is 0 Å². The lowest BCUT2D eigenvalue weighted by atomic mass is 10.2. The number of rotatable bonds is 6. The van der Waals surface area contributed by atoms with E-state index in [9.17, 15) is 0 Å². The first-order chi connectivity index (χ1) is 7.36. The molecule has 2 heteroatoms. The molecule has 0 aliphatic carbocycles. The zero-order chi connectivity index (χ0) is 10.9. The van der Waals surface area contributed by atoms with Gasteiger partial charge in [0, 0.05) is 0 Å². The van der Waals surface area contributed by atoms with E-state index in [1.165, 1.54) is 0 Å². The third kappa shape index (κ3) is 4.66. The summed E-state index contributed by atoms with van der Waals surface area (Å²) in [6.07, 6.45) is 6.11. The highest BCUT2D eigenvalue weighted by atomic mass is 16.5. The van der Waals surface area contributed by atoms with Crippen LogP contribution in [0.5, 0.6) is 5.75 Å². The zero-order valence-electron chi connectivity index (χ0n) is 9.28. The van der Waals surface area contributed by atoms with Gasteiger partial charge in [0.15, 0.2) is 0 Å². The molecule has 0 radical (unpaired) electrons. The van der Waals surface area contributed by atoms with Crippen LogP contribution in [-0.2, 0) is 0 Å². The van der Waals surface area contributed by atoms with Gasteiger partial charge in [0.2, 0.25) is 0 Å². The molecular weight excluding hydrogens is 186 g/mol.